The van der Waals surface area contributed by atoms with Crippen molar-refractivity contribution in [1.82, 2.24) is 0 Å². The molecule has 0 saturated carbocycles. The Labute approximate surface area is 120 Å². The first-order valence-electron chi connectivity index (χ1n) is 7.03. The van der Waals surface area contributed by atoms with Gasteiger partial charge in [-0.2, -0.15) is 0 Å². The number of hydrogen-bond donors (Lipinski definition) is 0. The van der Waals surface area contributed by atoms with E-state index in [2.05, 4.69) is 0 Å². The van der Waals surface area contributed by atoms with Gasteiger partial charge < -0.3 is 9.47 Å². The van der Waals surface area contributed by atoms with Gasteiger partial charge in [0, 0.05) is 5.92 Å². The second-order valence-corrected chi connectivity index (χ2v) is 4.41. The Morgan fingerprint density at radius 3 is 1.85 bits per heavy atom. The standard InChI is InChI=1S/C16H22O4/c1-4-13(12-10-8-7-9-11-12)14(15(17)19-5-2)16(18)20-6-3/h7-11,13-14H,4-6H2,1-3H3/t13-/m0/s1. The monoisotopic (exact) mass is 278 g/mol. The fourth-order valence-electron chi connectivity index (χ4n) is 2.25. The van der Waals surface area contributed by atoms with Crippen molar-refractivity contribution in [2.75, 3.05) is 13.2 Å². The van der Waals surface area contributed by atoms with E-state index in [0.29, 0.717) is 6.42 Å². The summed E-state index contributed by atoms with van der Waals surface area (Å²) in [5.74, 6) is -2.15. The molecule has 4 nitrogen and oxygen atoms in total. The molecule has 0 unspecified atom stereocenters. The molecule has 0 fully saturated rings. The van der Waals surface area contributed by atoms with Gasteiger partial charge in [-0.05, 0) is 25.8 Å². The van der Waals surface area contributed by atoms with Crippen LogP contribution in [0.5, 0.6) is 0 Å². The lowest BCUT2D eigenvalue weighted by molar-refractivity contribution is -0.162. The Kier molecular flexibility index (Phi) is 6.77. The largest absolute Gasteiger partial charge is 0.465 e. The van der Waals surface area contributed by atoms with Crippen LogP contribution in [0.2, 0.25) is 0 Å². The summed E-state index contributed by atoms with van der Waals surface area (Å²) in [6.07, 6.45) is 0.659. The predicted octanol–water partition coefficient (Wildman–Crippen LogP) is 2.92. The lowest BCUT2D eigenvalue weighted by atomic mass is 9.84. The molecule has 0 N–H and O–H groups in total. The maximum atomic E-state index is 12.1. The van der Waals surface area contributed by atoms with Crippen LogP contribution < -0.4 is 0 Å². The van der Waals surface area contributed by atoms with Crippen molar-refractivity contribution in [2.45, 2.75) is 33.1 Å². The third kappa shape index (κ3) is 4.08. The minimum Gasteiger partial charge on any atom is -0.465 e. The lowest BCUT2D eigenvalue weighted by Gasteiger charge is -2.23. The number of rotatable bonds is 7. The van der Waals surface area contributed by atoms with Gasteiger partial charge in [-0.3, -0.25) is 9.59 Å². The minimum absolute atomic E-state index is 0.228. The van der Waals surface area contributed by atoms with Crippen LogP contribution in [-0.4, -0.2) is 25.2 Å². The molecule has 0 radical (unpaired) electrons. The Bertz CT molecular complexity index is 409. The quantitative estimate of drug-likeness (QED) is 0.568. The van der Waals surface area contributed by atoms with E-state index in [9.17, 15) is 9.59 Å². The summed E-state index contributed by atoms with van der Waals surface area (Å²) >= 11 is 0. The minimum atomic E-state index is -0.901. The van der Waals surface area contributed by atoms with Gasteiger partial charge in [0.2, 0.25) is 0 Å². The Morgan fingerprint density at radius 2 is 1.45 bits per heavy atom. The molecule has 20 heavy (non-hydrogen) atoms. The highest BCUT2D eigenvalue weighted by Gasteiger charge is 2.37. The van der Waals surface area contributed by atoms with Crippen LogP contribution >= 0.6 is 0 Å². The smallest absolute Gasteiger partial charge is 0.320 e. The molecule has 0 heterocycles. The highest BCUT2D eigenvalue weighted by Crippen LogP contribution is 2.30. The second kappa shape index (κ2) is 8.35. The fraction of sp³-hybridized carbons (Fsp3) is 0.500. The molecule has 0 aromatic heterocycles. The molecule has 0 amide bonds. The predicted molar refractivity (Wildman–Crippen MR) is 76.2 cm³/mol. The van der Waals surface area contributed by atoms with E-state index in [1.807, 2.05) is 37.3 Å². The summed E-state index contributed by atoms with van der Waals surface area (Å²) in [6, 6.07) is 9.52. The zero-order valence-electron chi connectivity index (χ0n) is 12.3. The Balaban J connectivity index is 3.06. The molecule has 0 spiro atoms. The summed E-state index contributed by atoms with van der Waals surface area (Å²) < 4.78 is 10.1. The average molecular weight is 278 g/mol. The van der Waals surface area contributed by atoms with Crippen molar-refractivity contribution < 1.29 is 19.1 Å². The van der Waals surface area contributed by atoms with E-state index in [1.165, 1.54) is 0 Å². The fourth-order valence-corrected chi connectivity index (χ4v) is 2.25. The third-order valence-corrected chi connectivity index (χ3v) is 3.15. The average Bonchev–Trinajstić information content (AvgIpc) is 2.45. The molecule has 1 atom stereocenters. The van der Waals surface area contributed by atoms with E-state index in [4.69, 9.17) is 9.47 Å². The van der Waals surface area contributed by atoms with Crippen LogP contribution in [0.25, 0.3) is 0 Å². The zero-order valence-corrected chi connectivity index (χ0v) is 12.3. The van der Waals surface area contributed by atoms with Crippen molar-refractivity contribution >= 4 is 11.9 Å². The van der Waals surface area contributed by atoms with Crippen LogP contribution in [0.15, 0.2) is 30.3 Å². The Morgan fingerprint density at radius 1 is 0.950 bits per heavy atom. The first kappa shape index (κ1) is 16.2. The van der Waals surface area contributed by atoms with Gasteiger partial charge in [0.25, 0.3) is 0 Å². The topological polar surface area (TPSA) is 52.6 Å². The number of carbonyl (C=O) groups excluding carboxylic acids is 2. The summed E-state index contributed by atoms with van der Waals surface area (Å²) in [6.45, 7) is 5.90. The van der Waals surface area contributed by atoms with E-state index < -0.39 is 17.9 Å². The number of benzene rings is 1. The van der Waals surface area contributed by atoms with Crippen molar-refractivity contribution in [3.8, 4) is 0 Å². The summed E-state index contributed by atoms with van der Waals surface area (Å²) in [7, 11) is 0. The van der Waals surface area contributed by atoms with Gasteiger partial charge in [0.05, 0.1) is 13.2 Å². The molecule has 1 aromatic carbocycles. The third-order valence-electron chi connectivity index (χ3n) is 3.15. The number of ether oxygens (including phenoxy) is 2. The van der Waals surface area contributed by atoms with E-state index in [0.717, 1.165) is 5.56 Å². The van der Waals surface area contributed by atoms with Gasteiger partial charge in [0.15, 0.2) is 5.92 Å². The maximum Gasteiger partial charge on any atom is 0.320 e. The van der Waals surface area contributed by atoms with E-state index >= 15 is 0 Å². The van der Waals surface area contributed by atoms with E-state index in [1.54, 1.807) is 13.8 Å². The van der Waals surface area contributed by atoms with Crippen LogP contribution in [0, 0.1) is 5.92 Å². The molecule has 0 aliphatic heterocycles. The highest BCUT2D eigenvalue weighted by molar-refractivity contribution is 5.96. The van der Waals surface area contributed by atoms with Gasteiger partial charge in [-0.15, -0.1) is 0 Å². The molecule has 110 valence electrons. The first-order valence-corrected chi connectivity index (χ1v) is 7.03. The van der Waals surface area contributed by atoms with Gasteiger partial charge in [-0.25, -0.2) is 0 Å². The molecule has 1 rings (SSSR count). The Hall–Kier alpha value is -1.84. The van der Waals surface area contributed by atoms with Crippen LogP contribution in [0.1, 0.15) is 38.7 Å². The van der Waals surface area contributed by atoms with Crippen molar-refractivity contribution in [3.05, 3.63) is 35.9 Å². The van der Waals surface area contributed by atoms with Crippen LogP contribution in [0.3, 0.4) is 0 Å². The first-order chi connectivity index (χ1) is 9.65. The summed E-state index contributed by atoms with van der Waals surface area (Å²) in [5, 5.41) is 0. The van der Waals surface area contributed by atoms with Crippen LogP contribution in [0.4, 0.5) is 0 Å². The molecule has 0 aliphatic carbocycles. The summed E-state index contributed by atoms with van der Waals surface area (Å²) in [4.78, 5) is 24.2. The maximum absolute atomic E-state index is 12.1. The number of hydrogen-bond acceptors (Lipinski definition) is 4. The van der Waals surface area contributed by atoms with Gasteiger partial charge >= 0.3 is 11.9 Å². The molecule has 0 bridgehead atoms. The molecule has 0 saturated heterocycles. The molecule has 0 aliphatic rings. The normalized spacial score (nSPS) is 12.0. The molecular formula is C16H22O4. The van der Waals surface area contributed by atoms with E-state index in [-0.39, 0.29) is 19.1 Å². The van der Waals surface area contributed by atoms with Crippen LogP contribution in [-0.2, 0) is 19.1 Å². The van der Waals surface area contributed by atoms with Crippen molar-refractivity contribution in [2.24, 2.45) is 5.92 Å². The SMILES string of the molecule is CCOC(=O)C(C(=O)OCC)[C@@H](CC)c1ccccc1. The number of esters is 2. The molecule has 1 aromatic rings. The molecular weight excluding hydrogens is 256 g/mol. The van der Waals surface area contributed by atoms with Crippen molar-refractivity contribution in [3.63, 3.8) is 0 Å². The summed E-state index contributed by atoms with van der Waals surface area (Å²) in [5.41, 5.74) is 0.945. The van der Waals surface area contributed by atoms with Gasteiger partial charge in [0.1, 0.15) is 0 Å². The highest BCUT2D eigenvalue weighted by atomic mass is 16.6. The van der Waals surface area contributed by atoms with Gasteiger partial charge in [-0.1, -0.05) is 37.3 Å². The zero-order chi connectivity index (χ0) is 15.0. The lowest BCUT2D eigenvalue weighted by Crippen LogP contribution is -2.33. The van der Waals surface area contributed by atoms with Crippen molar-refractivity contribution in [1.29, 1.82) is 0 Å². The second-order valence-electron chi connectivity index (χ2n) is 4.41. The molecule has 4 heteroatoms. The number of carbonyl (C=O) groups is 2.